The lowest BCUT2D eigenvalue weighted by molar-refractivity contribution is 0.104. The maximum absolute atomic E-state index is 12.4. The van der Waals surface area contributed by atoms with Crippen molar-refractivity contribution in [2.45, 2.75) is 49.5 Å². The van der Waals surface area contributed by atoms with E-state index in [1.165, 1.54) is 6.07 Å². The zero-order chi connectivity index (χ0) is 16.0. The molecule has 3 atom stereocenters. The van der Waals surface area contributed by atoms with Gasteiger partial charge in [0.15, 0.2) is 0 Å². The summed E-state index contributed by atoms with van der Waals surface area (Å²) in [5, 5.41) is 10.3. The van der Waals surface area contributed by atoms with Gasteiger partial charge in [0.1, 0.15) is 4.21 Å². The SMILES string of the molecule is C=CCC[C@H](O)C(NS(=O)(=O)c1ccc(Cl)s1)[C@@H](C)CC. The van der Waals surface area contributed by atoms with Crippen LogP contribution in [0, 0.1) is 5.92 Å². The smallest absolute Gasteiger partial charge is 0.250 e. The Morgan fingerprint density at radius 3 is 2.67 bits per heavy atom. The zero-order valence-electron chi connectivity index (χ0n) is 12.3. The summed E-state index contributed by atoms with van der Waals surface area (Å²) in [5.41, 5.74) is 0. The number of halogens is 1. The van der Waals surface area contributed by atoms with Gasteiger partial charge in [0.2, 0.25) is 10.0 Å². The van der Waals surface area contributed by atoms with Gasteiger partial charge >= 0.3 is 0 Å². The summed E-state index contributed by atoms with van der Waals surface area (Å²) in [4.78, 5) is 0. The number of hydrogen-bond donors (Lipinski definition) is 2. The molecule has 120 valence electrons. The van der Waals surface area contributed by atoms with Crippen LogP contribution < -0.4 is 4.72 Å². The number of nitrogens with one attached hydrogen (secondary N) is 1. The molecule has 0 spiro atoms. The molecule has 2 N–H and O–H groups in total. The van der Waals surface area contributed by atoms with E-state index in [1.54, 1.807) is 12.1 Å². The molecule has 21 heavy (non-hydrogen) atoms. The standard InChI is InChI=1S/C14H22ClNO3S2/c1-4-6-7-11(17)14(10(3)5-2)16-21(18,19)13-9-8-12(15)20-13/h4,8-11,14,16-17H,1,5-7H2,2-3H3/t10-,11-,14?/m0/s1. The van der Waals surface area contributed by atoms with E-state index in [2.05, 4.69) is 11.3 Å². The summed E-state index contributed by atoms with van der Waals surface area (Å²) in [6.07, 6.45) is 2.85. The third-order valence-electron chi connectivity index (χ3n) is 3.44. The molecule has 0 amide bonds. The maximum atomic E-state index is 12.4. The van der Waals surface area contributed by atoms with Crippen LogP contribution in [0.5, 0.6) is 0 Å². The average molecular weight is 352 g/mol. The van der Waals surface area contributed by atoms with Gasteiger partial charge in [0.25, 0.3) is 0 Å². The van der Waals surface area contributed by atoms with Gasteiger partial charge in [-0.1, -0.05) is 37.9 Å². The fourth-order valence-corrected chi connectivity index (χ4v) is 4.85. The Morgan fingerprint density at radius 2 is 2.19 bits per heavy atom. The Hall–Kier alpha value is -0.400. The molecule has 1 aromatic rings. The van der Waals surface area contributed by atoms with Crippen LogP contribution in [0.2, 0.25) is 4.34 Å². The summed E-state index contributed by atoms with van der Waals surface area (Å²) in [6.45, 7) is 7.51. The van der Waals surface area contributed by atoms with Gasteiger partial charge in [-0.2, -0.15) is 0 Å². The normalized spacial score (nSPS) is 16.4. The molecule has 4 nitrogen and oxygen atoms in total. The molecule has 1 aromatic heterocycles. The van der Waals surface area contributed by atoms with Gasteiger partial charge in [0.05, 0.1) is 16.5 Å². The Kier molecular flexibility index (Phi) is 7.36. The number of hydrogen-bond acceptors (Lipinski definition) is 4. The molecule has 0 saturated carbocycles. The summed E-state index contributed by atoms with van der Waals surface area (Å²) in [6, 6.07) is 2.49. The molecular weight excluding hydrogens is 330 g/mol. The van der Waals surface area contributed by atoms with E-state index in [1.807, 2.05) is 13.8 Å². The summed E-state index contributed by atoms with van der Waals surface area (Å²) in [5.74, 6) is 0.0232. The first-order valence-corrected chi connectivity index (χ1v) is 9.56. The van der Waals surface area contributed by atoms with Crippen molar-refractivity contribution in [3.8, 4) is 0 Å². The highest BCUT2D eigenvalue weighted by Crippen LogP contribution is 2.26. The monoisotopic (exact) mass is 351 g/mol. The van der Waals surface area contributed by atoms with E-state index in [0.717, 1.165) is 17.8 Å². The van der Waals surface area contributed by atoms with Gasteiger partial charge in [-0.25, -0.2) is 13.1 Å². The van der Waals surface area contributed by atoms with E-state index in [0.29, 0.717) is 17.2 Å². The first kappa shape index (κ1) is 18.6. The molecule has 0 aliphatic carbocycles. The number of allylic oxidation sites excluding steroid dienone is 1. The summed E-state index contributed by atoms with van der Waals surface area (Å²) >= 11 is 6.79. The molecule has 7 heteroatoms. The lowest BCUT2D eigenvalue weighted by atomic mass is 9.93. The van der Waals surface area contributed by atoms with E-state index in [4.69, 9.17) is 11.6 Å². The van der Waals surface area contributed by atoms with Crippen molar-refractivity contribution in [2.24, 2.45) is 5.92 Å². The van der Waals surface area contributed by atoms with Gasteiger partial charge in [-0.15, -0.1) is 17.9 Å². The van der Waals surface area contributed by atoms with Crippen molar-refractivity contribution in [3.63, 3.8) is 0 Å². The van der Waals surface area contributed by atoms with Crippen LogP contribution >= 0.6 is 22.9 Å². The predicted octanol–water partition coefficient (Wildman–Crippen LogP) is 3.42. The third-order valence-corrected chi connectivity index (χ3v) is 6.63. The van der Waals surface area contributed by atoms with Gasteiger partial charge in [-0.3, -0.25) is 0 Å². The number of aliphatic hydroxyl groups is 1. The highest BCUT2D eigenvalue weighted by atomic mass is 35.5. The number of aliphatic hydroxyl groups excluding tert-OH is 1. The lowest BCUT2D eigenvalue weighted by Crippen LogP contribution is -2.47. The average Bonchev–Trinajstić information content (AvgIpc) is 2.88. The van der Waals surface area contributed by atoms with Gasteiger partial charge in [0, 0.05) is 0 Å². The molecule has 0 radical (unpaired) electrons. The van der Waals surface area contributed by atoms with Crippen LogP contribution in [-0.4, -0.2) is 25.7 Å². The van der Waals surface area contributed by atoms with E-state index >= 15 is 0 Å². The minimum atomic E-state index is -3.67. The highest BCUT2D eigenvalue weighted by Gasteiger charge is 2.29. The van der Waals surface area contributed by atoms with Crippen molar-refractivity contribution >= 4 is 33.0 Å². The van der Waals surface area contributed by atoms with Crippen molar-refractivity contribution in [2.75, 3.05) is 0 Å². The minimum Gasteiger partial charge on any atom is -0.391 e. The number of thiophene rings is 1. The molecule has 0 aliphatic rings. The van der Waals surface area contributed by atoms with Crippen LogP contribution in [0.3, 0.4) is 0 Å². The molecule has 0 aromatic carbocycles. The molecule has 0 fully saturated rings. The van der Waals surface area contributed by atoms with Crippen LogP contribution in [0.1, 0.15) is 33.1 Å². The van der Waals surface area contributed by atoms with Crippen LogP contribution in [-0.2, 0) is 10.0 Å². The summed E-state index contributed by atoms with van der Waals surface area (Å²) < 4.78 is 27.9. The topological polar surface area (TPSA) is 66.4 Å². The van der Waals surface area contributed by atoms with Crippen molar-refractivity contribution < 1.29 is 13.5 Å². The second kappa shape index (κ2) is 8.29. The molecule has 1 rings (SSSR count). The van der Waals surface area contributed by atoms with Gasteiger partial charge < -0.3 is 5.11 Å². The first-order valence-electron chi connectivity index (χ1n) is 6.88. The second-order valence-corrected chi connectivity index (χ2v) is 8.68. The van der Waals surface area contributed by atoms with E-state index in [9.17, 15) is 13.5 Å². The second-order valence-electron chi connectivity index (χ2n) is 5.02. The van der Waals surface area contributed by atoms with Crippen LogP contribution in [0.4, 0.5) is 0 Å². The quantitative estimate of drug-likeness (QED) is 0.670. The Bertz CT molecular complexity index is 556. The maximum Gasteiger partial charge on any atom is 0.250 e. The zero-order valence-corrected chi connectivity index (χ0v) is 14.6. The Morgan fingerprint density at radius 1 is 1.52 bits per heavy atom. The van der Waals surface area contributed by atoms with Crippen molar-refractivity contribution in [1.82, 2.24) is 4.72 Å². The van der Waals surface area contributed by atoms with Crippen LogP contribution in [0.25, 0.3) is 0 Å². The summed E-state index contributed by atoms with van der Waals surface area (Å²) in [7, 11) is -3.67. The number of sulfonamides is 1. The minimum absolute atomic E-state index is 0.0232. The molecule has 0 aliphatic heterocycles. The fraction of sp³-hybridized carbons (Fsp3) is 0.571. The highest BCUT2D eigenvalue weighted by molar-refractivity contribution is 7.91. The van der Waals surface area contributed by atoms with E-state index in [-0.39, 0.29) is 10.1 Å². The van der Waals surface area contributed by atoms with Gasteiger partial charge in [-0.05, 0) is 30.9 Å². The van der Waals surface area contributed by atoms with Crippen molar-refractivity contribution in [3.05, 3.63) is 29.1 Å². The molecule has 1 heterocycles. The van der Waals surface area contributed by atoms with E-state index < -0.39 is 22.2 Å². The molecule has 1 unspecified atom stereocenters. The molecular formula is C14H22ClNO3S2. The fourth-order valence-electron chi connectivity index (χ4n) is 1.98. The lowest BCUT2D eigenvalue weighted by Gasteiger charge is -2.28. The number of rotatable bonds is 9. The first-order chi connectivity index (χ1) is 9.81. The Balaban J connectivity index is 2.92. The van der Waals surface area contributed by atoms with Crippen molar-refractivity contribution in [1.29, 1.82) is 0 Å². The third kappa shape index (κ3) is 5.38. The Labute approximate surface area is 135 Å². The molecule has 0 saturated heterocycles. The largest absolute Gasteiger partial charge is 0.391 e. The molecule has 0 bridgehead atoms. The predicted molar refractivity (Wildman–Crippen MR) is 88.3 cm³/mol. The van der Waals surface area contributed by atoms with Crippen LogP contribution in [0.15, 0.2) is 29.0 Å².